The van der Waals surface area contributed by atoms with Crippen molar-refractivity contribution in [1.82, 2.24) is 10.2 Å². The fourth-order valence-corrected chi connectivity index (χ4v) is 3.06. The number of hydrogen-bond acceptors (Lipinski definition) is 7. The molecule has 0 spiro atoms. The second-order valence-electron chi connectivity index (χ2n) is 5.10. The van der Waals surface area contributed by atoms with Crippen LogP contribution >= 0.6 is 12.0 Å². The minimum absolute atomic E-state index is 0.0336. The van der Waals surface area contributed by atoms with Crippen LogP contribution in [-0.2, 0) is 9.59 Å². The molecule has 9 heteroatoms. The third-order valence-corrected chi connectivity index (χ3v) is 4.11. The Kier molecular flexibility index (Phi) is 3.72. The van der Waals surface area contributed by atoms with Crippen molar-refractivity contribution in [2.24, 2.45) is 0 Å². The summed E-state index contributed by atoms with van der Waals surface area (Å²) in [5, 5.41) is 2.14. The van der Waals surface area contributed by atoms with Gasteiger partial charge in [-0.15, -0.1) is 0 Å². The summed E-state index contributed by atoms with van der Waals surface area (Å²) in [6.07, 6.45) is 1.82. The number of nitrogen functional groups attached to an aromatic ring is 1. The van der Waals surface area contributed by atoms with Gasteiger partial charge >= 0.3 is 0 Å². The van der Waals surface area contributed by atoms with Crippen LogP contribution in [-0.4, -0.2) is 40.8 Å². The van der Waals surface area contributed by atoms with Crippen LogP contribution in [0.15, 0.2) is 12.1 Å². The molecule has 1 saturated heterocycles. The van der Waals surface area contributed by atoms with Crippen LogP contribution < -0.4 is 15.2 Å². The van der Waals surface area contributed by atoms with Crippen molar-refractivity contribution >= 4 is 41.4 Å². The molecular formula is C14H13N3O5S. The summed E-state index contributed by atoms with van der Waals surface area (Å²) in [5.74, 6) is -2.16. The van der Waals surface area contributed by atoms with E-state index in [1.807, 2.05) is 0 Å². The minimum atomic E-state index is -1.03. The number of fused-ring (bicyclic) bond motifs is 1. The van der Waals surface area contributed by atoms with Crippen LogP contribution in [0.2, 0.25) is 0 Å². The molecule has 2 aliphatic rings. The molecule has 1 atom stereocenters. The fourth-order valence-electron chi connectivity index (χ4n) is 2.75. The minimum Gasteiger partial charge on any atom is -0.425 e. The molecule has 0 aromatic heterocycles. The van der Waals surface area contributed by atoms with Crippen molar-refractivity contribution in [3.05, 3.63) is 23.3 Å². The Morgan fingerprint density at radius 1 is 1.22 bits per heavy atom. The van der Waals surface area contributed by atoms with E-state index in [1.165, 1.54) is 12.1 Å². The van der Waals surface area contributed by atoms with Crippen LogP contribution in [0.4, 0.5) is 5.69 Å². The zero-order valence-electron chi connectivity index (χ0n) is 12.1. The van der Waals surface area contributed by atoms with Gasteiger partial charge in [0.15, 0.2) is 5.75 Å². The van der Waals surface area contributed by atoms with Gasteiger partial charge in [0.05, 0.1) is 23.2 Å². The highest BCUT2D eigenvalue weighted by atomic mass is 32.2. The molecular weight excluding hydrogens is 322 g/mol. The molecule has 1 unspecified atom stereocenters. The van der Waals surface area contributed by atoms with Gasteiger partial charge in [0.25, 0.3) is 11.8 Å². The largest absolute Gasteiger partial charge is 0.425 e. The topological polar surface area (TPSA) is 119 Å². The number of carbonyl (C=O) groups is 4. The maximum Gasteiger partial charge on any atom is 0.266 e. The molecule has 8 nitrogen and oxygen atoms in total. The Hall–Kier alpha value is -2.55. The molecule has 2 aliphatic heterocycles. The first kappa shape index (κ1) is 15.3. The van der Waals surface area contributed by atoms with Gasteiger partial charge in [0, 0.05) is 18.4 Å². The highest BCUT2D eigenvalue weighted by Gasteiger charge is 2.47. The lowest BCUT2D eigenvalue weighted by atomic mass is 10.0. The highest BCUT2D eigenvalue weighted by molar-refractivity contribution is 7.94. The zero-order valence-corrected chi connectivity index (χ0v) is 12.9. The fraction of sp³-hybridized carbons (Fsp3) is 0.286. The average molecular weight is 335 g/mol. The number of benzene rings is 1. The van der Waals surface area contributed by atoms with E-state index >= 15 is 0 Å². The molecule has 1 aromatic rings. The summed E-state index contributed by atoms with van der Waals surface area (Å²) < 4.78 is 5.31. The van der Waals surface area contributed by atoms with E-state index in [0.717, 1.165) is 16.9 Å². The van der Waals surface area contributed by atoms with Crippen LogP contribution in [0.5, 0.6) is 5.75 Å². The van der Waals surface area contributed by atoms with Gasteiger partial charge in [0.2, 0.25) is 11.8 Å². The van der Waals surface area contributed by atoms with E-state index in [4.69, 9.17) is 9.92 Å². The lowest BCUT2D eigenvalue weighted by Crippen LogP contribution is -2.54. The summed E-state index contributed by atoms with van der Waals surface area (Å²) >= 11 is 1.02. The van der Waals surface area contributed by atoms with Gasteiger partial charge in [-0.3, -0.25) is 29.4 Å². The average Bonchev–Trinajstić information content (AvgIpc) is 2.76. The molecule has 23 heavy (non-hydrogen) atoms. The van der Waals surface area contributed by atoms with Crippen molar-refractivity contribution < 1.29 is 23.4 Å². The summed E-state index contributed by atoms with van der Waals surface area (Å²) in [4.78, 5) is 49.4. The first-order valence-corrected chi connectivity index (χ1v) is 7.95. The Morgan fingerprint density at radius 3 is 2.57 bits per heavy atom. The Balaban J connectivity index is 2.04. The van der Waals surface area contributed by atoms with Crippen molar-refractivity contribution in [1.29, 1.82) is 0 Å². The molecule has 1 fully saturated rings. The van der Waals surface area contributed by atoms with Crippen molar-refractivity contribution in [2.45, 2.75) is 18.9 Å². The van der Waals surface area contributed by atoms with Crippen molar-refractivity contribution in [2.75, 3.05) is 12.0 Å². The number of amides is 4. The summed E-state index contributed by atoms with van der Waals surface area (Å²) in [7, 11) is 0. The molecule has 120 valence electrons. The molecule has 4 amide bonds. The zero-order chi connectivity index (χ0) is 16.7. The number of anilines is 1. The molecule has 1 aromatic carbocycles. The first-order valence-electron chi connectivity index (χ1n) is 6.80. The van der Waals surface area contributed by atoms with Gasteiger partial charge in [-0.1, -0.05) is 0 Å². The standard InChI is InChI=1S/C14H13N3O5S/c1-23-22-8-4-2-6(15)10-11(8)14(21)17(13(10)20)7-3-5-9(18)16-12(7)19/h2,4,7H,3,5,15H2,1H3,(H,16,18,19). The molecule has 0 aliphatic carbocycles. The number of imide groups is 2. The van der Waals surface area contributed by atoms with Crippen molar-refractivity contribution in [3.63, 3.8) is 0 Å². The van der Waals surface area contributed by atoms with Crippen LogP contribution in [0.25, 0.3) is 0 Å². The van der Waals surface area contributed by atoms with Gasteiger partial charge in [-0.05, 0) is 18.6 Å². The number of nitrogens with two attached hydrogens (primary N) is 1. The van der Waals surface area contributed by atoms with Gasteiger partial charge in [-0.25, -0.2) is 0 Å². The summed E-state index contributed by atoms with van der Waals surface area (Å²) in [6, 6.07) is 1.95. The van der Waals surface area contributed by atoms with E-state index in [1.54, 1.807) is 6.26 Å². The Labute approximate surface area is 135 Å². The lowest BCUT2D eigenvalue weighted by molar-refractivity contribution is -0.136. The third kappa shape index (κ3) is 2.33. The Morgan fingerprint density at radius 2 is 1.91 bits per heavy atom. The predicted octanol–water partition coefficient (Wildman–Crippen LogP) is 0.327. The molecule has 0 radical (unpaired) electrons. The maximum atomic E-state index is 12.7. The van der Waals surface area contributed by atoms with E-state index in [-0.39, 0.29) is 35.4 Å². The number of rotatable bonds is 3. The molecule has 0 saturated carbocycles. The number of nitrogens with zero attached hydrogens (tertiary/aromatic N) is 1. The van der Waals surface area contributed by atoms with E-state index in [2.05, 4.69) is 5.32 Å². The number of piperidine rings is 1. The SMILES string of the molecule is CSOc1ccc(N)c2c1C(=O)N(C1CCC(=O)NC1=O)C2=O. The summed E-state index contributed by atoms with van der Waals surface area (Å²) in [5.41, 5.74) is 6.05. The van der Waals surface area contributed by atoms with Crippen molar-refractivity contribution in [3.8, 4) is 5.75 Å². The van der Waals surface area contributed by atoms with Crippen LogP contribution in [0.3, 0.4) is 0 Å². The van der Waals surface area contributed by atoms with Gasteiger partial charge < -0.3 is 9.92 Å². The molecule has 3 N–H and O–H groups in total. The number of hydrogen-bond donors (Lipinski definition) is 2. The van der Waals surface area contributed by atoms with Gasteiger partial charge in [-0.2, -0.15) is 0 Å². The third-order valence-electron chi connectivity index (χ3n) is 3.76. The smallest absolute Gasteiger partial charge is 0.266 e. The second-order valence-corrected chi connectivity index (χ2v) is 5.60. The van der Waals surface area contributed by atoms with E-state index in [0.29, 0.717) is 0 Å². The van der Waals surface area contributed by atoms with Crippen LogP contribution in [0.1, 0.15) is 33.6 Å². The molecule has 0 bridgehead atoms. The quantitative estimate of drug-likeness (QED) is 0.464. The predicted molar refractivity (Wildman–Crippen MR) is 81.7 cm³/mol. The normalized spacial score (nSPS) is 20.6. The Bertz CT molecular complexity index is 748. The number of carbonyl (C=O) groups excluding carboxylic acids is 4. The second kappa shape index (κ2) is 5.58. The van der Waals surface area contributed by atoms with Crippen LogP contribution in [0, 0.1) is 0 Å². The van der Waals surface area contributed by atoms with E-state index in [9.17, 15) is 19.2 Å². The summed E-state index contributed by atoms with van der Waals surface area (Å²) in [6.45, 7) is 0. The van der Waals surface area contributed by atoms with Gasteiger partial charge in [0.1, 0.15) is 6.04 Å². The monoisotopic (exact) mass is 335 g/mol. The van der Waals surface area contributed by atoms with E-state index < -0.39 is 29.7 Å². The number of nitrogens with one attached hydrogen (secondary N) is 1. The maximum absolute atomic E-state index is 12.7. The first-order chi connectivity index (χ1) is 11.0. The molecule has 3 rings (SSSR count). The molecule has 2 heterocycles. The lowest BCUT2D eigenvalue weighted by Gasteiger charge is -2.27. The highest BCUT2D eigenvalue weighted by Crippen LogP contribution is 2.37.